The summed E-state index contributed by atoms with van der Waals surface area (Å²) in [6.07, 6.45) is 5.54. The molecule has 3 rings (SSSR count). The first-order chi connectivity index (χ1) is 12.4. The van der Waals surface area contributed by atoms with Crippen LogP contribution in [0.25, 0.3) is 0 Å². The maximum Gasteiger partial charge on any atom is 0.247 e. The first kappa shape index (κ1) is 18.4. The summed E-state index contributed by atoms with van der Waals surface area (Å²) in [5.74, 6) is -1.13. The molecule has 0 bridgehead atoms. The van der Waals surface area contributed by atoms with Gasteiger partial charge < -0.3 is 5.32 Å². The fraction of sp³-hybridized carbons (Fsp3) is 0.476. The average molecular weight is 354 g/mol. The number of anilines is 1. The third kappa shape index (κ3) is 3.57. The van der Waals surface area contributed by atoms with Crippen molar-refractivity contribution in [2.75, 3.05) is 5.32 Å². The summed E-state index contributed by atoms with van der Waals surface area (Å²) in [5.41, 5.74) is 1.77. The molecule has 5 heteroatoms. The van der Waals surface area contributed by atoms with Crippen LogP contribution in [-0.2, 0) is 14.4 Å². The van der Waals surface area contributed by atoms with E-state index in [0.29, 0.717) is 24.9 Å². The van der Waals surface area contributed by atoms with Crippen molar-refractivity contribution in [3.63, 3.8) is 0 Å². The molecule has 1 aliphatic carbocycles. The number of benzene rings is 1. The van der Waals surface area contributed by atoms with E-state index in [2.05, 4.69) is 5.32 Å². The topological polar surface area (TPSA) is 66.5 Å². The predicted octanol–water partition coefficient (Wildman–Crippen LogP) is 3.30. The Morgan fingerprint density at radius 3 is 2.12 bits per heavy atom. The SMILES string of the molecule is Cc1ccc(NC(=O)C(CC(C)C)N2C(=O)C3CC=CCC3C2=O)cc1. The lowest BCUT2D eigenvalue weighted by Gasteiger charge is -2.27. The minimum Gasteiger partial charge on any atom is -0.324 e. The molecule has 3 unspecified atom stereocenters. The van der Waals surface area contributed by atoms with Gasteiger partial charge in [0.05, 0.1) is 11.8 Å². The fourth-order valence-corrected chi connectivity index (χ4v) is 3.77. The highest BCUT2D eigenvalue weighted by Crippen LogP contribution is 2.37. The third-order valence-electron chi connectivity index (χ3n) is 5.17. The number of hydrogen-bond donors (Lipinski definition) is 1. The largest absolute Gasteiger partial charge is 0.324 e. The lowest BCUT2D eigenvalue weighted by molar-refractivity contribution is -0.147. The van der Waals surface area contributed by atoms with Crippen LogP contribution in [0.15, 0.2) is 36.4 Å². The van der Waals surface area contributed by atoms with Gasteiger partial charge in [0.1, 0.15) is 6.04 Å². The van der Waals surface area contributed by atoms with Crippen LogP contribution in [0.2, 0.25) is 0 Å². The van der Waals surface area contributed by atoms with E-state index < -0.39 is 6.04 Å². The fourth-order valence-electron chi connectivity index (χ4n) is 3.77. The summed E-state index contributed by atoms with van der Waals surface area (Å²) in [7, 11) is 0. The number of nitrogens with zero attached hydrogens (tertiary/aromatic N) is 1. The Morgan fingerprint density at radius 2 is 1.62 bits per heavy atom. The van der Waals surface area contributed by atoms with Crippen LogP contribution in [0.3, 0.4) is 0 Å². The summed E-state index contributed by atoms with van der Waals surface area (Å²) in [5, 5.41) is 2.87. The molecule has 2 aliphatic rings. The van der Waals surface area contributed by atoms with Gasteiger partial charge in [-0.3, -0.25) is 19.3 Å². The molecular formula is C21H26N2O3. The Morgan fingerprint density at radius 1 is 1.08 bits per heavy atom. The van der Waals surface area contributed by atoms with Crippen molar-refractivity contribution in [2.45, 2.75) is 46.1 Å². The van der Waals surface area contributed by atoms with Gasteiger partial charge in [-0.25, -0.2) is 0 Å². The van der Waals surface area contributed by atoms with E-state index in [0.717, 1.165) is 5.56 Å². The zero-order valence-electron chi connectivity index (χ0n) is 15.6. The van der Waals surface area contributed by atoms with E-state index >= 15 is 0 Å². The molecule has 1 heterocycles. The Kier molecular flexibility index (Phi) is 5.25. The minimum atomic E-state index is -0.762. The number of amides is 3. The van der Waals surface area contributed by atoms with Crippen LogP contribution in [0.1, 0.15) is 38.7 Å². The smallest absolute Gasteiger partial charge is 0.247 e. The van der Waals surface area contributed by atoms with E-state index in [4.69, 9.17) is 0 Å². The van der Waals surface area contributed by atoms with Gasteiger partial charge in [0.2, 0.25) is 17.7 Å². The predicted molar refractivity (Wildman–Crippen MR) is 100 cm³/mol. The van der Waals surface area contributed by atoms with E-state index in [1.165, 1.54) is 4.90 Å². The number of aryl methyl sites for hydroxylation is 1. The first-order valence-corrected chi connectivity index (χ1v) is 9.28. The number of hydrogen-bond acceptors (Lipinski definition) is 3. The molecule has 1 aliphatic heterocycles. The molecule has 0 spiro atoms. The molecule has 138 valence electrons. The number of carbonyl (C=O) groups is 3. The van der Waals surface area contributed by atoms with Gasteiger partial charge in [-0.15, -0.1) is 0 Å². The quantitative estimate of drug-likeness (QED) is 0.652. The lowest BCUT2D eigenvalue weighted by Crippen LogP contribution is -2.48. The monoisotopic (exact) mass is 354 g/mol. The highest BCUT2D eigenvalue weighted by atomic mass is 16.2. The maximum absolute atomic E-state index is 12.9. The highest BCUT2D eigenvalue weighted by molar-refractivity contribution is 6.10. The molecule has 1 aromatic rings. The first-order valence-electron chi connectivity index (χ1n) is 9.28. The number of imide groups is 1. The minimum absolute atomic E-state index is 0.185. The summed E-state index contributed by atoms with van der Waals surface area (Å²) in [4.78, 5) is 39.9. The van der Waals surface area contributed by atoms with Gasteiger partial charge in [0.25, 0.3) is 0 Å². The van der Waals surface area contributed by atoms with Crippen molar-refractivity contribution in [3.05, 3.63) is 42.0 Å². The van der Waals surface area contributed by atoms with Crippen LogP contribution < -0.4 is 5.32 Å². The number of rotatable bonds is 5. The van der Waals surface area contributed by atoms with Crippen LogP contribution in [0.4, 0.5) is 5.69 Å². The highest BCUT2D eigenvalue weighted by Gasteiger charge is 2.51. The second-order valence-corrected chi connectivity index (χ2v) is 7.70. The van der Waals surface area contributed by atoms with Crippen LogP contribution in [0, 0.1) is 24.7 Å². The second kappa shape index (κ2) is 7.44. The summed E-state index contributed by atoms with van der Waals surface area (Å²) >= 11 is 0. The van der Waals surface area contributed by atoms with Gasteiger partial charge in [-0.1, -0.05) is 43.7 Å². The molecule has 1 aromatic carbocycles. The van der Waals surface area contributed by atoms with E-state index in [1.54, 1.807) is 0 Å². The second-order valence-electron chi connectivity index (χ2n) is 7.70. The molecule has 0 saturated carbocycles. The molecule has 3 atom stereocenters. The van der Waals surface area contributed by atoms with Crippen molar-refractivity contribution in [3.8, 4) is 0 Å². The molecule has 3 amide bonds. The van der Waals surface area contributed by atoms with E-state index in [9.17, 15) is 14.4 Å². The molecule has 0 aromatic heterocycles. The molecule has 1 saturated heterocycles. The number of carbonyl (C=O) groups excluding carboxylic acids is 3. The van der Waals surface area contributed by atoms with Crippen molar-refractivity contribution in [1.82, 2.24) is 4.90 Å². The van der Waals surface area contributed by atoms with Crippen LogP contribution in [0.5, 0.6) is 0 Å². The average Bonchev–Trinajstić information content (AvgIpc) is 2.86. The Bertz CT molecular complexity index is 710. The summed E-state index contributed by atoms with van der Waals surface area (Å²) in [6, 6.07) is 6.73. The Labute approximate surface area is 154 Å². The zero-order valence-corrected chi connectivity index (χ0v) is 15.6. The normalized spacial score (nSPS) is 23.3. The maximum atomic E-state index is 12.9. The van der Waals surface area contributed by atoms with Gasteiger partial charge in [0.15, 0.2) is 0 Å². The number of allylic oxidation sites excluding steroid dienone is 2. The number of fused-ring (bicyclic) bond motifs is 1. The molecule has 1 N–H and O–H groups in total. The van der Waals surface area contributed by atoms with Crippen molar-refractivity contribution < 1.29 is 14.4 Å². The lowest BCUT2D eigenvalue weighted by atomic mass is 9.85. The van der Waals surface area contributed by atoms with E-state index in [-0.39, 0.29) is 35.5 Å². The van der Waals surface area contributed by atoms with Gasteiger partial charge in [-0.05, 0) is 44.2 Å². The van der Waals surface area contributed by atoms with Crippen LogP contribution >= 0.6 is 0 Å². The number of nitrogens with one attached hydrogen (secondary N) is 1. The van der Waals surface area contributed by atoms with Crippen molar-refractivity contribution >= 4 is 23.4 Å². The Hall–Kier alpha value is -2.43. The van der Waals surface area contributed by atoms with Crippen LogP contribution in [-0.4, -0.2) is 28.7 Å². The summed E-state index contributed by atoms with van der Waals surface area (Å²) in [6.45, 7) is 5.96. The molecule has 0 radical (unpaired) electrons. The summed E-state index contributed by atoms with van der Waals surface area (Å²) < 4.78 is 0. The molecular weight excluding hydrogens is 328 g/mol. The molecule has 26 heavy (non-hydrogen) atoms. The number of likely N-dealkylation sites (tertiary alicyclic amines) is 1. The Balaban J connectivity index is 1.83. The van der Waals surface area contributed by atoms with Crippen molar-refractivity contribution in [1.29, 1.82) is 0 Å². The molecule has 1 fully saturated rings. The zero-order chi connectivity index (χ0) is 18.8. The van der Waals surface area contributed by atoms with E-state index in [1.807, 2.05) is 57.2 Å². The van der Waals surface area contributed by atoms with Crippen molar-refractivity contribution in [2.24, 2.45) is 17.8 Å². The van der Waals surface area contributed by atoms with Gasteiger partial charge >= 0.3 is 0 Å². The molecule has 5 nitrogen and oxygen atoms in total. The third-order valence-corrected chi connectivity index (χ3v) is 5.17. The van der Waals surface area contributed by atoms with Gasteiger partial charge in [-0.2, -0.15) is 0 Å². The van der Waals surface area contributed by atoms with Gasteiger partial charge in [0, 0.05) is 5.69 Å². The standard InChI is InChI=1S/C21H26N2O3/c1-13(2)12-18(19(24)22-15-10-8-14(3)9-11-15)23-20(25)16-6-4-5-7-17(16)21(23)26/h4-5,8-11,13,16-18H,6-7,12H2,1-3H3,(H,22,24).